The minimum Gasteiger partial charge on any atom is -0.370 e. The second-order valence-corrected chi connectivity index (χ2v) is 6.52. The number of nitrogens with one attached hydrogen (secondary N) is 1. The minimum absolute atomic E-state index is 0.0182. The molecule has 2 atom stereocenters. The van der Waals surface area contributed by atoms with Crippen molar-refractivity contribution in [1.29, 1.82) is 0 Å². The zero-order chi connectivity index (χ0) is 16.1. The minimum atomic E-state index is -0.587. The lowest BCUT2D eigenvalue weighted by atomic mass is 10.1. The number of morpholine rings is 1. The van der Waals surface area contributed by atoms with Crippen molar-refractivity contribution in [2.45, 2.75) is 26.0 Å². The summed E-state index contributed by atoms with van der Waals surface area (Å²) < 4.78 is 5.70. The molecular formula is C15H23N3O3S. The highest BCUT2D eigenvalue weighted by atomic mass is 32.1. The second-order valence-electron chi connectivity index (χ2n) is 5.74. The van der Waals surface area contributed by atoms with Crippen LogP contribution in [0.3, 0.4) is 0 Å². The van der Waals surface area contributed by atoms with Gasteiger partial charge in [-0.3, -0.25) is 9.59 Å². The fourth-order valence-electron chi connectivity index (χ4n) is 2.23. The van der Waals surface area contributed by atoms with E-state index in [0.29, 0.717) is 19.7 Å². The molecule has 0 radical (unpaired) electrons. The maximum atomic E-state index is 12.2. The summed E-state index contributed by atoms with van der Waals surface area (Å²) in [4.78, 5) is 25.7. The Labute approximate surface area is 134 Å². The Bertz CT molecular complexity index is 504. The first-order valence-corrected chi connectivity index (χ1v) is 8.38. The molecule has 122 valence electrons. The van der Waals surface area contributed by atoms with Crippen molar-refractivity contribution < 1.29 is 14.3 Å². The predicted molar refractivity (Wildman–Crippen MR) is 85.4 cm³/mol. The first-order valence-electron chi connectivity index (χ1n) is 7.43. The summed E-state index contributed by atoms with van der Waals surface area (Å²) in [7, 11) is 0. The van der Waals surface area contributed by atoms with Crippen LogP contribution in [0.5, 0.6) is 0 Å². The largest absolute Gasteiger partial charge is 0.370 e. The molecule has 3 N–H and O–H groups in total. The van der Waals surface area contributed by atoms with E-state index in [2.05, 4.69) is 5.32 Å². The molecule has 1 fully saturated rings. The zero-order valence-corrected chi connectivity index (χ0v) is 13.8. The topological polar surface area (TPSA) is 84.7 Å². The van der Waals surface area contributed by atoms with Gasteiger partial charge in [0.25, 0.3) is 0 Å². The summed E-state index contributed by atoms with van der Waals surface area (Å²) in [6.07, 6.45) is -0.0856. The van der Waals surface area contributed by atoms with Crippen LogP contribution in [0, 0.1) is 5.92 Å². The molecule has 1 aromatic rings. The van der Waals surface area contributed by atoms with Crippen molar-refractivity contribution in [3.8, 4) is 0 Å². The van der Waals surface area contributed by atoms with Gasteiger partial charge in [0, 0.05) is 6.54 Å². The van der Waals surface area contributed by atoms with Crippen LogP contribution in [0.1, 0.15) is 25.5 Å². The van der Waals surface area contributed by atoms with Crippen LogP contribution in [0.15, 0.2) is 16.8 Å². The molecule has 0 aromatic carbocycles. The molecule has 1 saturated heterocycles. The van der Waals surface area contributed by atoms with Gasteiger partial charge in [0.1, 0.15) is 6.10 Å². The maximum Gasteiger partial charge on any atom is 0.242 e. The maximum absolute atomic E-state index is 12.2. The molecule has 1 unspecified atom stereocenters. The zero-order valence-electron chi connectivity index (χ0n) is 13.0. The van der Waals surface area contributed by atoms with E-state index in [0.717, 1.165) is 5.56 Å². The molecule has 2 rings (SSSR count). The van der Waals surface area contributed by atoms with Crippen molar-refractivity contribution in [3.05, 3.63) is 22.4 Å². The number of carbonyl (C=O) groups excluding carboxylic acids is 2. The first-order chi connectivity index (χ1) is 10.5. The van der Waals surface area contributed by atoms with E-state index in [1.165, 1.54) is 0 Å². The van der Waals surface area contributed by atoms with Gasteiger partial charge in [0.05, 0.1) is 25.7 Å². The smallest absolute Gasteiger partial charge is 0.242 e. The second kappa shape index (κ2) is 7.71. The van der Waals surface area contributed by atoms with Crippen LogP contribution in [-0.4, -0.2) is 49.0 Å². The number of rotatable bonds is 5. The van der Waals surface area contributed by atoms with Crippen molar-refractivity contribution in [2.24, 2.45) is 11.7 Å². The average Bonchev–Trinajstić information content (AvgIpc) is 3.06. The number of hydrogen-bond donors (Lipinski definition) is 2. The molecule has 0 aliphatic carbocycles. The number of thiophene rings is 1. The molecule has 1 aromatic heterocycles. The third-order valence-corrected chi connectivity index (χ3v) is 4.47. The molecule has 0 spiro atoms. The SMILES string of the molecule is CC(C)[C@H](N)C(=O)NCC(=O)N1CCOC(c2ccsc2)C1. The highest BCUT2D eigenvalue weighted by molar-refractivity contribution is 7.07. The molecule has 0 bridgehead atoms. The Hall–Kier alpha value is -1.44. The Kier molecular flexibility index (Phi) is 5.93. The quantitative estimate of drug-likeness (QED) is 0.836. The molecule has 1 aliphatic heterocycles. The molecule has 6 nitrogen and oxygen atoms in total. The monoisotopic (exact) mass is 325 g/mol. The number of carbonyl (C=O) groups is 2. The van der Waals surface area contributed by atoms with Gasteiger partial charge in [-0.05, 0) is 28.3 Å². The Morgan fingerprint density at radius 2 is 2.32 bits per heavy atom. The molecule has 7 heteroatoms. The third-order valence-electron chi connectivity index (χ3n) is 3.77. The van der Waals surface area contributed by atoms with E-state index in [1.54, 1.807) is 16.2 Å². The lowest BCUT2D eigenvalue weighted by Crippen LogP contribution is -2.50. The average molecular weight is 325 g/mol. The molecule has 1 aliphatic rings. The fraction of sp³-hybridized carbons (Fsp3) is 0.600. The van der Waals surface area contributed by atoms with Crippen LogP contribution >= 0.6 is 11.3 Å². The van der Waals surface area contributed by atoms with Crippen molar-refractivity contribution in [1.82, 2.24) is 10.2 Å². The Morgan fingerprint density at radius 1 is 1.55 bits per heavy atom. The van der Waals surface area contributed by atoms with Crippen LogP contribution in [0.2, 0.25) is 0 Å². The summed E-state index contributed by atoms with van der Waals surface area (Å²) in [5, 5.41) is 6.64. The van der Waals surface area contributed by atoms with Gasteiger partial charge in [-0.15, -0.1) is 0 Å². The summed E-state index contributed by atoms with van der Waals surface area (Å²) in [6, 6.07) is 1.42. The fourth-order valence-corrected chi connectivity index (χ4v) is 2.93. The lowest BCUT2D eigenvalue weighted by molar-refractivity contribution is -0.139. The van der Waals surface area contributed by atoms with Crippen LogP contribution in [-0.2, 0) is 14.3 Å². The van der Waals surface area contributed by atoms with E-state index < -0.39 is 6.04 Å². The molecule has 2 heterocycles. The molecular weight excluding hydrogens is 302 g/mol. The van der Waals surface area contributed by atoms with E-state index in [9.17, 15) is 9.59 Å². The predicted octanol–water partition coefficient (Wildman–Crippen LogP) is 0.748. The summed E-state index contributed by atoms with van der Waals surface area (Å²) in [6.45, 7) is 5.30. The van der Waals surface area contributed by atoms with Crippen molar-refractivity contribution >= 4 is 23.2 Å². The van der Waals surface area contributed by atoms with Gasteiger partial charge in [-0.2, -0.15) is 11.3 Å². The molecule has 0 saturated carbocycles. The van der Waals surface area contributed by atoms with Crippen molar-refractivity contribution in [3.63, 3.8) is 0 Å². The van der Waals surface area contributed by atoms with E-state index in [1.807, 2.05) is 30.7 Å². The highest BCUT2D eigenvalue weighted by Crippen LogP contribution is 2.24. The van der Waals surface area contributed by atoms with Gasteiger partial charge in [0.15, 0.2) is 0 Å². The summed E-state index contributed by atoms with van der Waals surface area (Å²) in [5.41, 5.74) is 6.85. The normalized spacial score (nSPS) is 20.0. The summed E-state index contributed by atoms with van der Waals surface area (Å²) >= 11 is 1.61. The van der Waals surface area contributed by atoms with E-state index in [4.69, 9.17) is 10.5 Å². The van der Waals surface area contributed by atoms with Gasteiger partial charge >= 0.3 is 0 Å². The van der Waals surface area contributed by atoms with Gasteiger partial charge in [-0.25, -0.2) is 0 Å². The van der Waals surface area contributed by atoms with Crippen LogP contribution in [0.25, 0.3) is 0 Å². The molecule has 2 amide bonds. The summed E-state index contributed by atoms with van der Waals surface area (Å²) in [5.74, 6) is -0.347. The van der Waals surface area contributed by atoms with Gasteiger partial charge in [0.2, 0.25) is 11.8 Å². The number of nitrogens with zero attached hydrogens (tertiary/aromatic N) is 1. The van der Waals surface area contributed by atoms with Crippen molar-refractivity contribution in [2.75, 3.05) is 26.2 Å². The Morgan fingerprint density at radius 3 is 2.95 bits per heavy atom. The van der Waals surface area contributed by atoms with Crippen LogP contribution in [0.4, 0.5) is 0 Å². The Balaban J connectivity index is 1.83. The standard InChI is InChI=1S/C15H23N3O3S/c1-10(2)14(16)15(20)17-7-13(19)18-4-5-21-12(8-18)11-3-6-22-9-11/h3,6,9-10,12,14H,4-5,7-8,16H2,1-2H3,(H,17,20)/t12?,14-/m0/s1. The van der Waals surface area contributed by atoms with Gasteiger partial charge in [-0.1, -0.05) is 13.8 Å². The molecule has 22 heavy (non-hydrogen) atoms. The third kappa shape index (κ3) is 4.28. The van der Waals surface area contributed by atoms with E-state index >= 15 is 0 Å². The highest BCUT2D eigenvalue weighted by Gasteiger charge is 2.26. The van der Waals surface area contributed by atoms with E-state index in [-0.39, 0.29) is 30.4 Å². The lowest BCUT2D eigenvalue weighted by Gasteiger charge is -2.33. The number of amides is 2. The van der Waals surface area contributed by atoms with Crippen LogP contribution < -0.4 is 11.1 Å². The number of nitrogens with two attached hydrogens (primary N) is 1. The number of ether oxygens (including phenoxy) is 1. The van der Waals surface area contributed by atoms with Gasteiger partial charge < -0.3 is 20.7 Å². The number of hydrogen-bond acceptors (Lipinski definition) is 5. The first kappa shape index (κ1) is 16.9.